The van der Waals surface area contributed by atoms with Crippen molar-refractivity contribution in [1.82, 2.24) is 0 Å². The molecule has 5 heteroatoms. The van der Waals surface area contributed by atoms with E-state index in [1.165, 1.54) is 0 Å². The molecule has 0 heterocycles. The van der Waals surface area contributed by atoms with Gasteiger partial charge in [-0.25, -0.2) is 0 Å². The van der Waals surface area contributed by atoms with Crippen molar-refractivity contribution in [3.8, 4) is 0 Å². The number of hydrogen-bond acceptors (Lipinski definition) is 3. The Morgan fingerprint density at radius 3 is 2.67 bits per heavy atom. The van der Waals surface area contributed by atoms with Crippen molar-refractivity contribution < 1.29 is 14.3 Å². The number of methoxy groups -OCH3 is 2. The maximum absolute atomic E-state index is 8.80. The molecule has 0 N–H and O–H groups in total. The minimum atomic E-state index is 0.467. The van der Waals surface area contributed by atoms with Gasteiger partial charge in [-0.05, 0) is 5.75 Å². The van der Waals surface area contributed by atoms with Crippen molar-refractivity contribution in [3.63, 3.8) is 0 Å². The minimum Gasteiger partial charge on any atom is -0.499 e. The lowest BCUT2D eigenvalue weighted by atomic mass is 10.1. The Morgan fingerprint density at radius 2 is 2.20 bits per heavy atom. The van der Waals surface area contributed by atoms with Gasteiger partial charge < -0.3 is 15.0 Å². The van der Waals surface area contributed by atoms with Gasteiger partial charge in [0.2, 0.25) is 5.76 Å². The average Bonchev–Trinajstić information content (AvgIpc) is 2.28. The van der Waals surface area contributed by atoms with E-state index in [1.54, 1.807) is 26.0 Å². The van der Waals surface area contributed by atoms with E-state index in [9.17, 15) is 0 Å². The third-order valence-corrected chi connectivity index (χ3v) is 2.98. The van der Waals surface area contributed by atoms with Crippen LogP contribution >= 0.6 is 11.8 Å². The Labute approximate surface area is 93.6 Å². The molecule has 1 rings (SSSR count). The molecule has 0 aromatic rings. The van der Waals surface area contributed by atoms with E-state index in [0.29, 0.717) is 17.9 Å². The van der Waals surface area contributed by atoms with Crippen LogP contribution < -0.4 is 0 Å². The molecule has 4 nitrogen and oxygen atoms in total. The highest BCUT2D eigenvalue weighted by Crippen LogP contribution is 2.30. The Hall–Kier alpha value is -1.19. The topological polar surface area (TPSA) is 54.9 Å². The molecule has 82 valence electrons. The zero-order valence-electron chi connectivity index (χ0n) is 9.11. The number of nitrogens with zero attached hydrogens (tertiary/aromatic N) is 2. The largest absolute Gasteiger partial charge is 0.499 e. The molecular weight excluding hydrogens is 212 g/mol. The van der Waals surface area contributed by atoms with Crippen LogP contribution in [-0.4, -0.2) is 30.5 Å². The standard InChI is InChI=1S/C10H14N2O2S/c1-4-15-10-6-8(13-2)7(12-11)5-9(10)14-3/h6H,4-5H2,1-3H3. The van der Waals surface area contributed by atoms with Crippen LogP contribution in [0.2, 0.25) is 0 Å². The molecular formula is C10H14N2O2S. The Bertz CT molecular complexity index is 354. The Morgan fingerprint density at radius 1 is 1.47 bits per heavy atom. The third-order valence-electron chi connectivity index (χ3n) is 2.04. The van der Waals surface area contributed by atoms with Crippen LogP contribution in [-0.2, 0) is 9.47 Å². The number of thioether (sulfide) groups is 1. The van der Waals surface area contributed by atoms with E-state index in [2.05, 4.69) is 11.7 Å². The van der Waals surface area contributed by atoms with E-state index in [4.69, 9.17) is 15.0 Å². The summed E-state index contributed by atoms with van der Waals surface area (Å²) in [7, 11) is 3.18. The lowest BCUT2D eigenvalue weighted by Gasteiger charge is -2.14. The van der Waals surface area contributed by atoms with Crippen LogP contribution in [0.3, 0.4) is 0 Å². The summed E-state index contributed by atoms with van der Waals surface area (Å²) < 4.78 is 10.4. The van der Waals surface area contributed by atoms with E-state index in [1.807, 2.05) is 6.08 Å². The number of ether oxygens (including phenoxy) is 2. The summed E-state index contributed by atoms with van der Waals surface area (Å²) in [6, 6.07) is 0. The van der Waals surface area contributed by atoms with Crippen molar-refractivity contribution in [2.24, 2.45) is 0 Å². The molecule has 0 spiro atoms. The molecule has 15 heavy (non-hydrogen) atoms. The fraction of sp³-hybridized carbons (Fsp3) is 0.500. The molecule has 0 aromatic heterocycles. The number of rotatable bonds is 4. The molecule has 1 aliphatic carbocycles. The molecule has 0 unspecified atom stereocenters. The van der Waals surface area contributed by atoms with Gasteiger partial charge in [0.05, 0.1) is 14.2 Å². The minimum absolute atomic E-state index is 0.467. The smallest absolute Gasteiger partial charge is 0.340 e. The van der Waals surface area contributed by atoms with Gasteiger partial charge in [-0.1, -0.05) is 6.92 Å². The number of allylic oxidation sites excluding steroid dienone is 3. The van der Waals surface area contributed by atoms with Crippen LogP contribution in [0.5, 0.6) is 0 Å². The van der Waals surface area contributed by atoms with Crippen LogP contribution in [0.15, 0.2) is 22.5 Å². The first-order valence-corrected chi connectivity index (χ1v) is 5.62. The third kappa shape index (κ3) is 2.64. The van der Waals surface area contributed by atoms with Crippen LogP contribution in [0.25, 0.3) is 5.53 Å². The van der Waals surface area contributed by atoms with Crippen molar-refractivity contribution >= 4 is 17.5 Å². The second-order valence-electron chi connectivity index (χ2n) is 2.86. The lowest BCUT2D eigenvalue weighted by molar-refractivity contribution is -0.0122. The van der Waals surface area contributed by atoms with Crippen LogP contribution in [0.1, 0.15) is 13.3 Å². The predicted molar refractivity (Wildman–Crippen MR) is 60.5 cm³/mol. The first kappa shape index (κ1) is 11.9. The van der Waals surface area contributed by atoms with Gasteiger partial charge >= 0.3 is 5.71 Å². The summed E-state index contributed by atoms with van der Waals surface area (Å²) in [6.07, 6.45) is 2.31. The highest BCUT2D eigenvalue weighted by atomic mass is 32.2. The van der Waals surface area contributed by atoms with Gasteiger partial charge in [-0.15, -0.1) is 11.8 Å². The summed E-state index contributed by atoms with van der Waals surface area (Å²) >= 11 is 1.68. The first-order chi connectivity index (χ1) is 7.26. The van der Waals surface area contributed by atoms with Gasteiger partial charge in [0.25, 0.3) is 0 Å². The van der Waals surface area contributed by atoms with Crippen LogP contribution in [0.4, 0.5) is 0 Å². The molecule has 0 saturated heterocycles. The quantitative estimate of drug-likeness (QED) is 0.545. The lowest BCUT2D eigenvalue weighted by Crippen LogP contribution is -2.14. The maximum atomic E-state index is 8.80. The summed E-state index contributed by atoms with van der Waals surface area (Å²) in [4.78, 5) is 4.22. The van der Waals surface area contributed by atoms with Gasteiger partial charge in [0, 0.05) is 11.0 Å². The molecule has 0 bridgehead atoms. The molecule has 0 aliphatic heterocycles. The van der Waals surface area contributed by atoms with E-state index >= 15 is 0 Å². The molecule has 0 saturated carbocycles. The predicted octanol–water partition coefficient (Wildman–Crippen LogP) is 2.20. The average molecular weight is 226 g/mol. The summed E-state index contributed by atoms with van der Waals surface area (Å²) in [6.45, 7) is 2.07. The second-order valence-corrected chi connectivity index (χ2v) is 4.17. The number of hydrogen-bond donors (Lipinski definition) is 0. The highest BCUT2D eigenvalue weighted by Gasteiger charge is 2.26. The van der Waals surface area contributed by atoms with Gasteiger partial charge in [0.1, 0.15) is 12.2 Å². The van der Waals surface area contributed by atoms with E-state index in [0.717, 1.165) is 16.4 Å². The molecule has 0 atom stereocenters. The Balaban J connectivity index is 3.06. The van der Waals surface area contributed by atoms with Gasteiger partial charge in [-0.3, -0.25) is 0 Å². The molecule has 0 amide bonds. The van der Waals surface area contributed by atoms with Gasteiger partial charge in [0.15, 0.2) is 0 Å². The summed E-state index contributed by atoms with van der Waals surface area (Å²) in [5.41, 5.74) is 9.30. The zero-order valence-corrected chi connectivity index (χ0v) is 9.93. The first-order valence-electron chi connectivity index (χ1n) is 4.63. The molecule has 0 fully saturated rings. The monoisotopic (exact) mass is 226 g/mol. The van der Waals surface area contributed by atoms with Crippen LogP contribution in [0, 0.1) is 0 Å². The maximum Gasteiger partial charge on any atom is 0.340 e. The SMILES string of the molecule is CCSC1=C(OC)CC(=[N+]=[N-])C(OC)=C1. The zero-order chi connectivity index (χ0) is 11.3. The molecule has 0 aromatic carbocycles. The Kier molecular flexibility index (Phi) is 4.46. The summed E-state index contributed by atoms with van der Waals surface area (Å²) in [5.74, 6) is 2.37. The highest BCUT2D eigenvalue weighted by molar-refractivity contribution is 8.03. The fourth-order valence-corrected chi connectivity index (χ4v) is 2.14. The molecule has 0 radical (unpaired) electrons. The van der Waals surface area contributed by atoms with Crippen molar-refractivity contribution in [2.45, 2.75) is 13.3 Å². The van der Waals surface area contributed by atoms with Crippen molar-refractivity contribution in [3.05, 3.63) is 28.0 Å². The van der Waals surface area contributed by atoms with Gasteiger partial charge in [-0.2, -0.15) is 4.79 Å². The van der Waals surface area contributed by atoms with Crippen molar-refractivity contribution in [1.29, 1.82) is 0 Å². The second kappa shape index (κ2) is 5.63. The fourth-order valence-electron chi connectivity index (χ4n) is 1.32. The van der Waals surface area contributed by atoms with E-state index < -0.39 is 0 Å². The molecule has 1 aliphatic rings. The summed E-state index contributed by atoms with van der Waals surface area (Å²) in [5, 5.41) is 0. The van der Waals surface area contributed by atoms with Crippen molar-refractivity contribution in [2.75, 3.05) is 20.0 Å². The van der Waals surface area contributed by atoms with E-state index in [-0.39, 0.29) is 0 Å². The normalized spacial score (nSPS) is 15.9.